The average molecular weight is 209 g/mol. The van der Waals surface area contributed by atoms with E-state index in [0.29, 0.717) is 0 Å². The smallest absolute Gasteiger partial charge is 0.335 e. The maximum absolute atomic E-state index is 10.4. The van der Waals surface area contributed by atoms with E-state index in [2.05, 4.69) is 0 Å². The zero-order valence-corrected chi connectivity index (χ0v) is 7.38. The Hall–Kier alpha value is -0.510. The number of hydrogen-bond acceptors (Lipinski definition) is 2. The highest BCUT2D eigenvalue weighted by atomic mass is 35.5. The van der Waals surface area contributed by atoms with Crippen molar-refractivity contribution in [2.45, 2.75) is 10.4 Å². The summed E-state index contributed by atoms with van der Waals surface area (Å²) in [5.74, 6) is -1.09. The van der Waals surface area contributed by atoms with Crippen molar-refractivity contribution in [3.05, 3.63) is 23.8 Å². The fourth-order valence-corrected chi connectivity index (χ4v) is 1.11. The van der Waals surface area contributed by atoms with E-state index in [-0.39, 0.29) is 5.57 Å². The van der Waals surface area contributed by atoms with Crippen molar-refractivity contribution in [1.82, 2.24) is 0 Å². The fourth-order valence-electron chi connectivity index (χ4n) is 0.771. The van der Waals surface area contributed by atoms with Gasteiger partial charge in [-0.2, -0.15) is 0 Å². The number of halogens is 2. The molecule has 3 nitrogen and oxygen atoms in total. The molecule has 2 unspecified atom stereocenters. The Labute approximate surface area is 78.9 Å². The molecule has 0 aromatic heterocycles. The third-order valence-corrected chi connectivity index (χ3v) is 2.39. The standard InChI is InChI=1S/C7H6Cl2O3/c8-5-3-4(6(10)11)1-2-7(5,9)12/h1-3,5,12H,(H,10,11). The fraction of sp³-hybridized carbons (Fsp3) is 0.286. The van der Waals surface area contributed by atoms with Crippen molar-refractivity contribution in [3.8, 4) is 0 Å². The molecule has 0 radical (unpaired) electrons. The van der Waals surface area contributed by atoms with Gasteiger partial charge in [-0.25, -0.2) is 4.79 Å². The van der Waals surface area contributed by atoms with Crippen LogP contribution in [-0.2, 0) is 4.79 Å². The lowest BCUT2D eigenvalue weighted by Crippen LogP contribution is -2.31. The van der Waals surface area contributed by atoms with Crippen molar-refractivity contribution < 1.29 is 15.0 Å². The summed E-state index contributed by atoms with van der Waals surface area (Å²) in [4.78, 5) is 10.4. The van der Waals surface area contributed by atoms with Crippen LogP contribution < -0.4 is 0 Å². The molecule has 66 valence electrons. The van der Waals surface area contributed by atoms with Gasteiger partial charge >= 0.3 is 5.97 Å². The van der Waals surface area contributed by atoms with E-state index in [1.807, 2.05) is 0 Å². The van der Waals surface area contributed by atoms with Crippen molar-refractivity contribution in [2.75, 3.05) is 0 Å². The first kappa shape index (κ1) is 9.58. The van der Waals surface area contributed by atoms with Crippen LogP contribution in [0.2, 0.25) is 0 Å². The van der Waals surface area contributed by atoms with Crippen molar-refractivity contribution in [2.24, 2.45) is 0 Å². The van der Waals surface area contributed by atoms with E-state index < -0.39 is 16.4 Å². The van der Waals surface area contributed by atoms with Crippen LogP contribution in [0.15, 0.2) is 23.8 Å². The van der Waals surface area contributed by atoms with Gasteiger partial charge in [0.25, 0.3) is 0 Å². The molecular weight excluding hydrogens is 203 g/mol. The number of hydrogen-bond donors (Lipinski definition) is 2. The van der Waals surface area contributed by atoms with Crippen LogP contribution in [0.1, 0.15) is 0 Å². The van der Waals surface area contributed by atoms with Gasteiger partial charge in [0.1, 0.15) is 0 Å². The molecule has 0 saturated heterocycles. The first-order chi connectivity index (χ1) is 5.43. The van der Waals surface area contributed by atoms with Crippen molar-refractivity contribution in [3.63, 3.8) is 0 Å². The summed E-state index contributed by atoms with van der Waals surface area (Å²) in [6.07, 6.45) is 3.56. The van der Waals surface area contributed by atoms with E-state index in [9.17, 15) is 9.90 Å². The van der Waals surface area contributed by atoms with Crippen molar-refractivity contribution >= 4 is 29.2 Å². The number of carboxylic acid groups (broad SMARTS) is 1. The zero-order chi connectivity index (χ0) is 9.35. The van der Waals surface area contributed by atoms with Gasteiger partial charge in [-0.15, -0.1) is 11.6 Å². The highest BCUT2D eigenvalue weighted by molar-refractivity contribution is 6.33. The third-order valence-electron chi connectivity index (χ3n) is 1.46. The molecular formula is C7H6Cl2O3. The van der Waals surface area contributed by atoms with Gasteiger partial charge in [0, 0.05) is 0 Å². The molecule has 0 aromatic rings. The minimum Gasteiger partial charge on any atom is -0.478 e. The molecule has 12 heavy (non-hydrogen) atoms. The Morgan fingerprint density at radius 1 is 1.67 bits per heavy atom. The molecule has 0 aromatic carbocycles. The van der Waals surface area contributed by atoms with Crippen LogP contribution in [0, 0.1) is 0 Å². The van der Waals surface area contributed by atoms with Crippen molar-refractivity contribution in [1.29, 1.82) is 0 Å². The summed E-state index contributed by atoms with van der Waals surface area (Å²) in [6, 6.07) is 0. The first-order valence-corrected chi connectivity index (χ1v) is 3.94. The predicted molar refractivity (Wildman–Crippen MR) is 45.3 cm³/mol. The maximum Gasteiger partial charge on any atom is 0.335 e. The van der Waals surface area contributed by atoms with Crippen LogP contribution in [0.4, 0.5) is 0 Å². The summed E-state index contributed by atoms with van der Waals surface area (Å²) in [5.41, 5.74) is 0.0281. The largest absolute Gasteiger partial charge is 0.478 e. The van der Waals surface area contributed by atoms with Gasteiger partial charge in [-0.3, -0.25) is 0 Å². The number of aliphatic hydroxyl groups is 1. The van der Waals surface area contributed by atoms with Gasteiger partial charge in [0.2, 0.25) is 0 Å². The van der Waals surface area contributed by atoms with Crippen LogP contribution in [0.3, 0.4) is 0 Å². The Morgan fingerprint density at radius 3 is 2.67 bits per heavy atom. The number of alkyl halides is 2. The van der Waals surface area contributed by atoms with E-state index >= 15 is 0 Å². The number of carboxylic acids is 1. The molecule has 1 rings (SSSR count). The van der Waals surface area contributed by atoms with E-state index in [1.54, 1.807) is 0 Å². The van der Waals surface area contributed by atoms with Crippen LogP contribution >= 0.6 is 23.2 Å². The second-order valence-electron chi connectivity index (χ2n) is 2.39. The molecule has 5 heteroatoms. The van der Waals surface area contributed by atoms with Gasteiger partial charge < -0.3 is 10.2 Å². The summed E-state index contributed by atoms with van der Waals surface area (Å²) in [5, 5.41) is 15.2. The zero-order valence-electron chi connectivity index (χ0n) is 5.87. The van der Waals surface area contributed by atoms with Crippen LogP contribution in [0.5, 0.6) is 0 Å². The summed E-state index contributed by atoms with van der Waals surface area (Å²) < 4.78 is 0. The highest BCUT2D eigenvalue weighted by Gasteiger charge is 2.32. The second kappa shape index (κ2) is 3.09. The number of aliphatic carboxylic acids is 1. The van der Waals surface area contributed by atoms with Gasteiger partial charge in [-0.05, 0) is 18.2 Å². The molecule has 2 N–H and O–H groups in total. The minimum atomic E-state index is -1.68. The number of rotatable bonds is 1. The molecule has 0 amide bonds. The Morgan fingerprint density at radius 2 is 2.25 bits per heavy atom. The lowest BCUT2D eigenvalue weighted by molar-refractivity contribution is -0.132. The molecule has 2 atom stereocenters. The molecule has 1 aliphatic carbocycles. The lowest BCUT2D eigenvalue weighted by atomic mass is 10.0. The Bertz CT molecular complexity index is 268. The molecule has 0 bridgehead atoms. The van der Waals surface area contributed by atoms with Crippen LogP contribution in [-0.4, -0.2) is 26.6 Å². The van der Waals surface area contributed by atoms with E-state index in [1.165, 1.54) is 12.2 Å². The SMILES string of the molecule is O=C(O)C1=CC(Cl)C(O)(Cl)C=C1. The Kier molecular flexibility index (Phi) is 2.46. The summed E-state index contributed by atoms with van der Waals surface area (Å²) in [6.45, 7) is 0. The molecule has 0 saturated carbocycles. The monoisotopic (exact) mass is 208 g/mol. The highest BCUT2D eigenvalue weighted by Crippen LogP contribution is 2.29. The third kappa shape index (κ3) is 1.80. The molecule has 0 heterocycles. The normalized spacial score (nSPS) is 34.6. The Balaban J connectivity index is 2.91. The molecule has 0 spiro atoms. The molecule has 1 aliphatic rings. The van der Waals surface area contributed by atoms with Gasteiger partial charge in [-0.1, -0.05) is 11.6 Å². The average Bonchev–Trinajstić information content (AvgIpc) is 1.94. The molecule has 0 aliphatic heterocycles. The topological polar surface area (TPSA) is 57.5 Å². The molecule has 0 fully saturated rings. The quantitative estimate of drug-likeness (QED) is 0.635. The van der Waals surface area contributed by atoms with Gasteiger partial charge in [0.05, 0.1) is 11.0 Å². The first-order valence-electron chi connectivity index (χ1n) is 3.13. The maximum atomic E-state index is 10.4. The number of carbonyl (C=O) groups is 1. The minimum absolute atomic E-state index is 0.0281. The summed E-state index contributed by atoms with van der Waals surface area (Å²) in [7, 11) is 0. The lowest BCUT2D eigenvalue weighted by Gasteiger charge is -2.23. The second-order valence-corrected chi connectivity index (χ2v) is 3.47. The van der Waals surface area contributed by atoms with Crippen LogP contribution in [0.25, 0.3) is 0 Å². The predicted octanol–water partition coefficient (Wildman–Crippen LogP) is 1.10. The summed E-state index contributed by atoms with van der Waals surface area (Å²) >= 11 is 11.1. The van der Waals surface area contributed by atoms with E-state index in [0.717, 1.165) is 6.08 Å². The van der Waals surface area contributed by atoms with E-state index in [4.69, 9.17) is 28.3 Å². The van der Waals surface area contributed by atoms with Gasteiger partial charge in [0.15, 0.2) is 5.06 Å².